The van der Waals surface area contributed by atoms with Crippen LogP contribution >= 0.6 is 0 Å². The molecule has 2 fully saturated rings. The summed E-state index contributed by atoms with van der Waals surface area (Å²) in [5, 5.41) is 9.87. The summed E-state index contributed by atoms with van der Waals surface area (Å²) >= 11 is 0. The lowest BCUT2D eigenvalue weighted by molar-refractivity contribution is 0.140. The molecular formula is C17H25NO. The molecule has 0 spiro atoms. The summed E-state index contributed by atoms with van der Waals surface area (Å²) in [6.07, 6.45) is 9.92. The second-order valence-electron chi connectivity index (χ2n) is 6.64. The highest BCUT2D eigenvalue weighted by molar-refractivity contribution is 5.29. The van der Waals surface area contributed by atoms with E-state index < -0.39 is 0 Å². The Morgan fingerprint density at radius 1 is 0.947 bits per heavy atom. The molecule has 0 amide bonds. The first kappa shape index (κ1) is 13.1. The third-order valence-corrected chi connectivity index (χ3v) is 4.98. The number of nitrogens with two attached hydrogens (primary N) is 1. The van der Waals surface area contributed by atoms with Crippen molar-refractivity contribution in [2.75, 3.05) is 0 Å². The molecule has 19 heavy (non-hydrogen) atoms. The van der Waals surface area contributed by atoms with Gasteiger partial charge in [-0.2, -0.15) is 0 Å². The lowest BCUT2D eigenvalue weighted by Crippen LogP contribution is -2.38. The highest BCUT2D eigenvalue weighted by atomic mass is 16.3. The first-order valence-electron chi connectivity index (χ1n) is 7.70. The number of aryl methyl sites for hydroxylation is 1. The Kier molecular flexibility index (Phi) is 3.40. The van der Waals surface area contributed by atoms with Crippen molar-refractivity contribution in [2.45, 2.75) is 68.9 Å². The van der Waals surface area contributed by atoms with Crippen LogP contribution in [0, 0.1) is 0 Å². The lowest BCUT2D eigenvalue weighted by Gasteiger charge is -2.34. The van der Waals surface area contributed by atoms with Gasteiger partial charge in [0.25, 0.3) is 0 Å². The molecule has 1 aromatic carbocycles. The Bertz CT molecular complexity index is 427. The van der Waals surface area contributed by atoms with Gasteiger partial charge in [-0.1, -0.05) is 43.5 Å². The van der Waals surface area contributed by atoms with Crippen LogP contribution in [0.25, 0.3) is 0 Å². The van der Waals surface area contributed by atoms with E-state index in [2.05, 4.69) is 24.3 Å². The first-order valence-corrected chi connectivity index (χ1v) is 7.70. The fourth-order valence-electron chi connectivity index (χ4n) is 3.25. The van der Waals surface area contributed by atoms with Crippen molar-refractivity contribution in [1.29, 1.82) is 0 Å². The number of rotatable bonds is 4. The summed E-state index contributed by atoms with van der Waals surface area (Å²) in [4.78, 5) is 0. The van der Waals surface area contributed by atoms with E-state index in [4.69, 9.17) is 5.73 Å². The van der Waals surface area contributed by atoms with Gasteiger partial charge in [0.2, 0.25) is 0 Å². The topological polar surface area (TPSA) is 46.2 Å². The van der Waals surface area contributed by atoms with E-state index in [1.54, 1.807) is 0 Å². The molecular weight excluding hydrogens is 234 g/mol. The Balaban J connectivity index is 1.64. The molecule has 0 radical (unpaired) electrons. The maximum Gasteiger partial charge on any atom is 0.0653 e. The lowest BCUT2D eigenvalue weighted by atomic mass is 9.77. The Labute approximate surface area is 116 Å². The predicted molar refractivity (Wildman–Crippen MR) is 77.9 cm³/mol. The van der Waals surface area contributed by atoms with Gasteiger partial charge < -0.3 is 10.8 Å². The second kappa shape index (κ2) is 4.92. The van der Waals surface area contributed by atoms with Gasteiger partial charge in [0.15, 0.2) is 0 Å². The van der Waals surface area contributed by atoms with Gasteiger partial charge in [0, 0.05) is 5.54 Å². The van der Waals surface area contributed by atoms with E-state index in [9.17, 15) is 5.11 Å². The van der Waals surface area contributed by atoms with Gasteiger partial charge in [-0.3, -0.25) is 0 Å². The zero-order valence-electron chi connectivity index (χ0n) is 11.7. The minimum Gasteiger partial charge on any atom is -0.390 e. The quantitative estimate of drug-likeness (QED) is 0.871. The maximum absolute atomic E-state index is 9.87. The summed E-state index contributed by atoms with van der Waals surface area (Å²) in [6.45, 7) is 0. The van der Waals surface area contributed by atoms with Crippen molar-refractivity contribution in [3.63, 3.8) is 0 Å². The molecule has 0 heterocycles. The van der Waals surface area contributed by atoms with Gasteiger partial charge >= 0.3 is 0 Å². The van der Waals surface area contributed by atoms with Crippen LogP contribution in [-0.2, 0) is 12.0 Å². The molecule has 0 unspecified atom stereocenters. The van der Waals surface area contributed by atoms with Crippen LogP contribution in [0.1, 0.15) is 62.5 Å². The summed E-state index contributed by atoms with van der Waals surface area (Å²) < 4.78 is 0. The van der Waals surface area contributed by atoms with Gasteiger partial charge in [-0.05, 0) is 49.7 Å². The second-order valence-corrected chi connectivity index (χ2v) is 6.64. The fraction of sp³-hybridized carbons (Fsp3) is 0.647. The highest BCUT2D eigenvalue weighted by Crippen LogP contribution is 2.39. The Morgan fingerprint density at radius 3 is 2.16 bits per heavy atom. The van der Waals surface area contributed by atoms with E-state index in [1.165, 1.54) is 30.4 Å². The minimum absolute atomic E-state index is 0.0918. The molecule has 0 bridgehead atoms. The maximum atomic E-state index is 9.87. The van der Waals surface area contributed by atoms with Crippen molar-refractivity contribution in [3.8, 4) is 0 Å². The van der Waals surface area contributed by atoms with Crippen LogP contribution in [0.5, 0.6) is 0 Å². The molecule has 1 aromatic rings. The molecule has 2 nitrogen and oxygen atoms in total. The Hall–Kier alpha value is -0.860. The molecule has 2 aliphatic carbocycles. The molecule has 2 saturated carbocycles. The van der Waals surface area contributed by atoms with Gasteiger partial charge in [0.1, 0.15) is 0 Å². The van der Waals surface area contributed by atoms with Crippen LogP contribution in [0.3, 0.4) is 0 Å². The van der Waals surface area contributed by atoms with E-state index in [0.29, 0.717) is 0 Å². The van der Waals surface area contributed by atoms with E-state index >= 15 is 0 Å². The van der Waals surface area contributed by atoms with Gasteiger partial charge in [0.05, 0.1) is 5.60 Å². The molecule has 0 aromatic heterocycles. The summed E-state index contributed by atoms with van der Waals surface area (Å²) in [6, 6.07) is 8.81. The zero-order chi connectivity index (χ0) is 13.3. The normalized spacial score (nSPS) is 24.1. The summed E-state index contributed by atoms with van der Waals surface area (Å²) in [5.41, 5.74) is 8.73. The number of hydrogen-bond donors (Lipinski definition) is 2. The highest BCUT2D eigenvalue weighted by Gasteiger charge is 2.39. The predicted octanol–water partition coefficient (Wildman–Crippen LogP) is 3.26. The van der Waals surface area contributed by atoms with Crippen LogP contribution in [-0.4, -0.2) is 10.7 Å². The fourth-order valence-corrected chi connectivity index (χ4v) is 3.25. The van der Waals surface area contributed by atoms with Crippen molar-refractivity contribution in [2.24, 2.45) is 5.73 Å². The average molecular weight is 259 g/mol. The molecule has 3 N–H and O–H groups in total. The third kappa shape index (κ3) is 3.01. The van der Waals surface area contributed by atoms with Crippen molar-refractivity contribution < 1.29 is 5.11 Å². The standard InChI is InChI=1S/C17H25NO/c18-17(9-2-1-3-10-17)15-6-4-14(5-7-15)8-11-16(19)12-13-16/h4-7,19H,1-3,8-13,18H2. The van der Waals surface area contributed by atoms with E-state index in [1.807, 2.05) is 0 Å². The Morgan fingerprint density at radius 2 is 1.58 bits per heavy atom. The molecule has 3 rings (SSSR count). The smallest absolute Gasteiger partial charge is 0.0653 e. The van der Waals surface area contributed by atoms with Crippen molar-refractivity contribution >= 4 is 0 Å². The molecule has 2 heteroatoms. The van der Waals surface area contributed by atoms with Crippen LogP contribution in [0.2, 0.25) is 0 Å². The van der Waals surface area contributed by atoms with Crippen LogP contribution in [0.4, 0.5) is 0 Å². The molecule has 2 aliphatic rings. The number of hydrogen-bond acceptors (Lipinski definition) is 2. The van der Waals surface area contributed by atoms with Gasteiger partial charge in [-0.25, -0.2) is 0 Å². The van der Waals surface area contributed by atoms with Crippen molar-refractivity contribution in [1.82, 2.24) is 0 Å². The molecule has 0 saturated heterocycles. The minimum atomic E-state index is -0.336. The summed E-state index contributed by atoms with van der Waals surface area (Å²) in [7, 11) is 0. The van der Waals surface area contributed by atoms with Crippen molar-refractivity contribution in [3.05, 3.63) is 35.4 Å². The largest absolute Gasteiger partial charge is 0.390 e. The average Bonchev–Trinajstić information content (AvgIpc) is 3.16. The van der Waals surface area contributed by atoms with Crippen LogP contribution < -0.4 is 5.73 Å². The molecule has 0 aliphatic heterocycles. The zero-order valence-corrected chi connectivity index (χ0v) is 11.7. The molecule has 104 valence electrons. The van der Waals surface area contributed by atoms with E-state index in [-0.39, 0.29) is 11.1 Å². The summed E-state index contributed by atoms with van der Waals surface area (Å²) in [5.74, 6) is 0. The van der Waals surface area contributed by atoms with Gasteiger partial charge in [-0.15, -0.1) is 0 Å². The number of benzene rings is 1. The molecule has 0 atom stereocenters. The SMILES string of the molecule is NC1(c2ccc(CCC3(O)CC3)cc2)CCCCC1. The first-order chi connectivity index (χ1) is 9.10. The third-order valence-electron chi connectivity index (χ3n) is 4.98. The monoisotopic (exact) mass is 259 g/mol. The van der Waals surface area contributed by atoms with Crippen LogP contribution in [0.15, 0.2) is 24.3 Å². The number of aliphatic hydroxyl groups is 1. The van der Waals surface area contributed by atoms with E-state index in [0.717, 1.165) is 38.5 Å².